The van der Waals surface area contributed by atoms with Crippen molar-refractivity contribution < 1.29 is 43.8 Å². The quantitative estimate of drug-likeness (QED) is 0.515. The van der Waals surface area contributed by atoms with Gasteiger partial charge in [-0.3, -0.25) is 4.79 Å². The average Bonchev–Trinajstić information content (AvgIpc) is 2.49. The number of nitrogens with zero attached hydrogens (tertiary/aromatic N) is 2. The number of rotatable bonds is 7. The van der Waals surface area contributed by atoms with Crippen molar-refractivity contribution in [1.82, 2.24) is 0 Å². The van der Waals surface area contributed by atoms with E-state index in [0.29, 0.717) is 12.8 Å². The van der Waals surface area contributed by atoms with Crippen LogP contribution >= 0.6 is 0 Å². The zero-order valence-electron chi connectivity index (χ0n) is 12.2. The Bertz CT molecular complexity index is 495. The highest BCUT2D eigenvalue weighted by atomic mass is 35.5. The second-order valence-electron chi connectivity index (χ2n) is 4.84. The predicted octanol–water partition coefficient (Wildman–Crippen LogP) is -4.55. The van der Waals surface area contributed by atoms with Gasteiger partial charge in [-0.2, -0.15) is 0 Å². The summed E-state index contributed by atoms with van der Waals surface area (Å²) in [6.07, 6.45) is 9.15. The van der Waals surface area contributed by atoms with Crippen LogP contribution in [0.1, 0.15) is 12.8 Å². The summed E-state index contributed by atoms with van der Waals surface area (Å²) in [5.41, 5.74) is 0. The first kappa shape index (κ1) is 20.3. The molecule has 0 fully saturated rings. The van der Waals surface area contributed by atoms with Crippen LogP contribution in [-0.2, 0) is 17.9 Å². The minimum atomic E-state index is -0.710. The van der Waals surface area contributed by atoms with Gasteiger partial charge >= 0.3 is 5.97 Å². The molecule has 0 bridgehead atoms. The Kier molecular flexibility index (Phi) is 10.2. The zero-order chi connectivity index (χ0) is 14.2. The maximum Gasteiger partial charge on any atom is 0.306 e. The lowest BCUT2D eigenvalue weighted by Gasteiger charge is -2.08. The van der Waals surface area contributed by atoms with Gasteiger partial charge < -0.3 is 29.9 Å². The van der Waals surface area contributed by atoms with E-state index in [1.54, 1.807) is 0 Å². The van der Waals surface area contributed by atoms with Crippen molar-refractivity contribution in [2.45, 2.75) is 25.9 Å². The Morgan fingerprint density at radius 1 is 0.773 bits per heavy atom. The third-order valence-corrected chi connectivity index (χ3v) is 3.38. The van der Waals surface area contributed by atoms with Crippen molar-refractivity contribution >= 4 is 5.97 Å². The van der Waals surface area contributed by atoms with Gasteiger partial charge in [0.25, 0.3) is 0 Å². The van der Waals surface area contributed by atoms with Crippen LogP contribution in [0.25, 0.3) is 0 Å². The number of carboxylic acids is 1. The van der Waals surface area contributed by atoms with Gasteiger partial charge in [0.2, 0.25) is 0 Å². The van der Waals surface area contributed by atoms with Crippen LogP contribution in [0.5, 0.6) is 0 Å². The van der Waals surface area contributed by atoms with Gasteiger partial charge in [-0.25, -0.2) is 9.13 Å². The molecule has 6 heteroatoms. The number of carboxylic acid groups (broad SMARTS) is 1. The standard InChI is InChI=1S/C16H19N2O2.2ClH/c19-16(20)15(7-13-17-9-3-1-4-10-17)8-14-18-11-5-2-6-12-18;;/h1-6,9-12,15H,7-8,13-14H2;2*1H/q+1;;/p-1. The summed E-state index contributed by atoms with van der Waals surface area (Å²) in [5, 5.41) is 9.31. The van der Waals surface area contributed by atoms with Gasteiger partial charge in [-0.15, -0.1) is 0 Å². The lowest BCUT2D eigenvalue weighted by atomic mass is 10.0. The van der Waals surface area contributed by atoms with Crippen molar-refractivity contribution in [1.29, 1.82) is 0 Å². The van der Waals surface area contributed by atoms with Crippen LogP contribution < -0.4 is 33.9 Å². The molecule has 0 aliphatic carbocycles. The molecule has 2 aromatic heterocycles. The van der Waals surface area contributed by atoms with Gasteiger partial charge in [0.15, 0.2) is 24.8 Å². The van der Waals surface area contributed by atoms with Crippen LogP contribution in [0.4, 0.5) is 0 Å². The highest BCUT2D eigenvalue weighted by Crippen LogP contribution is 2.09. The number of aryl methyl sites for hydroxylation is 2. The average molecular weight is 343 g/mol. The number of carbonyl (C=O) groups is 1. The molecule has 120 valence electrons. The van der Waals surface area contributed by atoms with Gasteiger partial charge in [0.1, 0.15) is 13.1 Å². The first-order valence-electron chi connectivity index (χ1n) is 6.86. The fraction of sp³-hybridized carbons (Fsp3) is 0.312. The highest BCUT2D eigenvalue weighted by molar-refractivity contribution is 5.69. The summed E-state index contributed by atoms with van der Waals surface area (Å²) < 4.78 is 4.04. The van der Waals surface area contributed by atoms with Crippen molar-refractivity contribution in [3.05, 3.63) is 61.2 Å². The lowest BCUT2D eigenvalue weighted by Crippen LogP contribution is -3.00. The highest BCUT2D eigenvalue weighted by Gasteiger charge is 2.20. The number of hydrogen-bond donors (Lipinski definition) is 1. The fourth-order valence-corrected chi connectivity index (χ4v) is 2.17. The first-order chi connectivity index (χ1) is 9.75. The summed E-state index contributed by atoms with van der Waals surface area (Å²) in [6, 6.07) is 11.7. The maximum absolute atomic E-state index is 11.3. The molecule has 0 radical (unpaired) electrons. The SMILES string of the molecule is O=C(O)C(CC[n+]1ccccc1)CC[n+]1ccccc1.[Cl-].[Cl-]. The van der Waals surface area contributed by atoms with E-state index in [1.165, 1.54) is 0 Å². The Hall–Kier alpha value is -1.65. The van der Waals surface area contributed by atoms with Crippen LogP contribution in [-0.4, -0.2) is 11.1 Å². The number of aromatic nitrogens is 2. The lowest BCUT2D eigenvalue weighted by molar-refractivity contribution is -0.702. The second-order valence-corrected chi connectivity index (χ2v) is 4.84. The molecule has 0 aliphatic rings. The normalized spacial score (nSPS) is 9.68. The minimum Gasteiger partial charge on any atom is -1.00 e. The Morgan fingerprint density at radius 2 is 1.14 bits per heavy atom. The maximum atomic E-state index is 11.3. The Labute approximate surface area is 143 Å². The smallest absolute Gasteiger partial charge is 0.306 e. The monoisotopic (exact) mass is 342 g/mol. The molecule has 0 aromatic carbocycles. The molecule has 0 saturated carbocycles. The molecule has 0 aliphatic heterocycles. The molecule has 0 atom stereocenters. The third kappa shape index (κ3) is 6.87. The van der Waals surface area contributed by atoms with Crippen molar-refractivity contribution in [3.63, 3.8) is 0 Å². The van der Waals surface area contributed by atoms with E-state index in [-0.39, 0.29) is 30.7 Å². The molecule has 2 heterocycles. The topological polar surface area (TPSA) is 45.1 Å². The summed E-state index contributed by atoms with van der Waals surface area (Å²) >= 11 is 0. The molecular formula is C16H20Cl2N2O2. The van der Waals surface area contributed by atoms with Crippen molar-refractivity contribution in [2.75, 3.05) is 0 Å². The largest absolute Gasteiger partial charge is 1.00 e. The van der Waals surface area contributed by atoms with Gasteiger partial charge in [-0.05, 0) is 0 Å². The summed E-state index contributed by atoms with van der Waals surface area (Å²) in [6.45, 7) is 1.47. The third-order valence-electron chi connectivity index (χ3n) is 3.38. The molecule has 0 saturated heterocycles. The van der Waals surface area contributed by atoms with Crippen LogP contribution in [0, 0.1) is 5.92 Å². The molecule has 0 amide bonds. The van der Waals surface area contributed by atoms with Crippen LogP contribution in [0.15, 0.2) is 61.2 Å². The Morgan fingerprint density at radius 3 is 1.45 bits per heavy atom. The van der Waals surface area contributed by atoms with E-state index >= 15 is 0 Å². The summed E-state index contributed by atoms with van der Waals surface area (Å²) in [4.78, 5) is 11.3. The second kappa shape index (κ2) is 11.0. The van der Waals surface area contributed by atoms with Gasteiger partial charge in [0, 0.05) is 37.1 Å². The minimum absolute atomic E-state index is 0. The summed E-state index contributed by atoms with van der Waals surface area (Å²) in [5.74, 6) is -1.02. The first-order valence-corrected chi connectivity index (χ1v) is 6.86. The van der Waals surface area contributed by atoms with E-state index in [9.17, 15) is 9.90 Å². The Balaban J connectivity index is 0.00000220. The molecule has 1 N–H and O–H groups in total. The van der Waals surface area contributed by atoms with Gasteiger partial charge in [-0.1, -0.05) is 12.1 Å². The van der Waals surface area contributed by atoms with Crippen LogP contribution in [0.2, 0.25) is 0 Å². The van der Waals surface area contributed by atoms with Crippen molar-refractivity contribution in [2.24, 2.45) is 5.92 Å². The number of pyridine rings is 2. The number of halogens is 2. The summed E-state index contributed by atoms with van der Waals surface area (Å²) in [7, 11) is 0. The van der Waals surface area contributed by atoms with E-state index in [2.05, 4.69) is 0 Å². The molecule has 22 heavy (non-hydrogen) atoms. The zero-order valence-corrected chi connectivity index (χ0v) is 13.7. The van der Waals surface area contributed by atoms with E-state index < -0.39 is 5.97 Å². The van der Waals surface area contributed by atoms with Crippen LogP contribution in [0.3, 0.4) is 0 Å². The molecule has 4 nitrogen and oxygen atoms in total. The molecule has 0 spiro atoms. The van der Waals surface area contributed by atoms with E-state index in [4.69, 9.17) is 0 Å². The predicted molar refractivity (Wildman–Crippen MR) is 73.6 cm³/mol. The fourth-order valence-electron chi connectivity index (χ4n) is 2.17. The number of aliphatic carboxylic acids is 1. The van der Waals surface area contributed by atoms with E-state index in [1.807, 2.05) is 70.3 Å². The van der Waals surface area contributed by atoms with E-state index in [0.717, 1.165) is 13.1 Å². The molecular weight excluding hydrogens is 323 g/mol. The molecule has 0 unspecified atom stereocenters. The molecule has 2 rings (SSSR count). The molecule has 2 aromatic rings. The van der Waals surface area contributed by atoms with Crippen molar-refractivity contribution in [3.8, 4) is 0 Å². The van der Waals surface area contributed by atoms with Gasteiger partial charge in [0.05, 0.1) is 5.92 Å². The number of hydrogen-bond acceptors (Lipinski definition) is 1.